The van der Waals surface area contributed by atoms with Crippen LogP contribution in [0.25, 0.3) is 0 Å². The topological polar surface area (TPSA) is 66.9 Å². The smallest absolute Gasteiger partial charge is 0.254 e. The zero-order chi connectivity index (χ0) is 17.5. The molecule has 0 aliphatic carbocycles. The predicted molar refractivity (Wildman–Crippen MR) is 98.1 cm³/mol. The van der Waals surface area contributed by atoms with Crippen LogP contribution in [0.3, 0.4) is 0 Å². The second kappa shape index (κ2) is 8.06. The van der Waals surface area contributed by atoms with E-state index in [4.69, 9.17) is 0 Å². The van der Waals surface area contributed by atoms with Crippen LogP contribution in [0.2, 0.25) is 0 Å². The molecule has 1 unspecified atom stereocenters. The number of carbonyl (C=O) groups is 1. The molecule has 0 saturated carbocycles. The van der Waals surface area contributed by atoms with Gasteiger partial charge < -0.3 is 10.6 Å². The number of hydrogen-bond donors (Lipinski definition) is 2. The van der Waals surface area contributed by atoms with Crippen molar-refractivity contribution in [1.29, 1.82) is 0 Å². The van der Waals surface area contributed by atoms with Crippen molar-refractivity contribution in [2.75, 3.05) is 5.32 Å². The summed E-state index contributed by atoms with van der Waals surface area (Å²) in [5.41, 5.74) is 2.64. The fourth-order valence-corrected chi connectivity index (χ4v) is 2.42. The molecule has 2 aromatic carbocycles. The lowest BCUT2D eigenvalue weighted by molar-refractivity contribution is 0.0950. The van der Waals surface area contributed by atoms with Crippen molar-refractivity contribution in [2.24, 2.45) is 0 Å². The third-order valence-corrected chi connectivity index (χ3v) is 3.86. The first kappa shape index (κ1) is 16.6. The summed E-state index contributed by atoms with van der Waals surface area (Å²) in [5, 5.41) is 6.09. The standard InChI is InChI=1S/C20H20N4O/c1-15(17-10-6-3-7-11-17)24-20-22-13-18(14-23-20)19(25)21-12-16-8-4-2-5-9-16/h2-11,13-15H,12H2,1H3,(H,21,25)(H,22,23,24). The molecule has 0 spiro atoms. The summed E-state index contributed by atoms with van der Waals surface area (Å²) in [6.07, 6.45) is 3.07. The highest BCUT2D eigenvalue weighted by Crippen LogP contribution is 2.15. The number of amides is 1. The van der Waals surface area contributed by atoms with E-state index in [9.17, 15) is 4.79 Å². The van der Waals surface area contributed by atoms with Crippen LogP contribution < -0.4 is 10.6 Å². The average molecular weight is 332 g/mol. The van der Waals surface area contributed by atoms with E-state index in [-0.39, 0.29) is 11.9 Å². The maximum atomic E-state index is 12.2. The van der Waals surface area contributed by atoms with E-state index in [0.717, 1.165) is 11.1 Å². The van der Waals surface area contributed by atoms with Crippen LogP contribution in [0.15, 0.2) is 73.1 Å². The molecule has 1 atom stereocenters. The summed E-state index contributed by atoms with van der Waals surface area (Å²) in [7, 11) is 0. The van der Waals surface area contributed by atoms with Gasteiger partial charge in [-0.2, -0.15) is 0 Å². The first-order valence-corrected chi connectivity index (χ1v) is 8.18. The Morgan fingerprint density at radius 1 is 0.960 bits per heavy atom. The van der Waals surface area contributed by atoms with Crippen molar-refractivity contribution in [2.45, 2.75) is 19.5 Å². The number of benzene rings is 2. The number of rotatable bonds is 6. The Labute approximate surface area is 147 Å². The van der Waals surface area contributed by atoms with Gasteiger partial charge in [0.1, 0.15) is 0 Å². The van der Waals surface area contributed by atoms with Crippen LogP contribution in [0.4, 0.5) is 5.95 Å². The monoisotopic (exact) mass is 332 g/mol. The van der Waals surface area contributed by atoms with Gasteiger partial charge in [-0.05, 0) is 18.1 Å². The summed E-state index contributed by atoms with van der Waals surface area (Å²) < 4.78 is 0. The van der Waals surface area contributed by atoms with E-state index in [1.807, 2.05) is 67.6 Å². The third kappa shape index (κ3) is 4.64. The van der Waals surface area contributed by atoms with E-state index in [1.54, 1.807) is 0 Å². The molecule has 0 aliphatic rings. The van der Waals surface area contributed by atoms with Gasteiger partial charge in [-0.1, -0.05) is 60.7 Å². The molecule has 3 aromatic rings. The van der Waals surface area contributed by atoms with E-state index < -0.39 is 0 Å². The van der Waals surface area contributed by atoms with Crippen LogP contribution in [0.5, 0.6) is 0 Å². The van der Waals surface area contributed by atoms with E-state index in [1.165, 1.54) is 12.4 Å². The van der Waals surface area contributed by atoms with Gasteiger partial charge in [0.15, 0.2) is 0 Å². The van der Waals surface area contributed by atoms with Gasteiger partial charge >= 0.3 is 0 Å². The Balaban J connectivity index is 1.57. The van der Waals surface area contributed by atoms with Crippen LogP contribution in [0, 0.1) is 0 Å². The Hall–Kier alpha value is -3.21. The van der Waals surface area contributed by atoms with E-state index in [2.05, 4.69) is 20.6 Å². The molecule has 2 N–H and O–H groups in total. The quantitative estimate of drug-likeness (QED) is 0.724. The molecule has 0 bridgehead atoms. The molecular weight excluding hydrogens is 312 g/mol. The number of hydrogen-bond acceptors (Lipinski definition) is 4. The lowest BCUT2D eigenvalue weighted by Crippen LogP contribution is -2.23. The Morgan fingerprint density at radius 3 is 2.20 bits per heavy atom. The van der Waals surface area contributed by atoms with E-state index in [0.29, 0.717) is 18.1 Å². The van der Waals surface area contributed by atoms with Gasteiger partial charge in [0.25, 0.3) is 5.91 Å². The van der Waals surface area contributed by atoms with E-state index >= 15 is 0 Å². The van der Waals surface area contributed by atoms with Gasteiger partial charge in [0, 0.05) is 18.9 Å². The molecule has 1 aromatic heterocycles. The highest BCUT2D eigenvalue weighted by Gasteiger charge is 2.09. The van der Waals surface area contributed by atoms with Gasteiger partial charge in [-0.15, -0.1) is 0 Å². The van der Waals surface area contributed by atoms with Gasteiger partial charge in [0.2, 0.25) is 5.95 Å². The lowest BCUT2D eigenvalue weighted by Gasteiger charge is -2.14. The van der Waals surface area contributed by atoms with Crippen molar-refractivity contribution in [3.05, 3.63) is 89.7 Å². The molecule has 0 fully saturated rings. The third-order valence-electron chi connectivity index (χ3n) is 3.86. The molecule has 0 radical (unpaired) electrons. The number of nitrogens with zero attached hydrogens (tertiary/aromatic N) is 2. The maximum absolute atomic E-state index is 12.2. The van der Waals surface area contributed by atoms with Crippen LogP contribution in [0.1, 0.15) is 34.5 Å². The fraction of sp³-hybridized carbons (Fsp3) is 0.150. The molecule has 0 saturated heterocycles. The van der Waals surface area contributed by atoms with Crippen molar-refractivity contribution in [3.8, 4) is 0 Å². The Morgan fingerprint density at radius 2 is 1.56 bits per heavy atom. The largest absolute Gasteiger partial charge is 0.348 e. The van der Waals surface area contributed by atoms with Crippen LogP contribution >= 0.6 is 0 Å². The molecule has 0 aliphatic heterocycles. The summed E-state index contributed by atoms with van der Waals surface area (Å²) in [6.45, 7) is 2.52. The number of nitrogens with one attached hydrogen (secondary N) is 2. The zero-order valence-corrected chi connectivity index (χ0v) is 14.0. The van der Waals surface area contributed by atoms with Crippen LogP contribution in [-0.2, 0) is 6.54 Å². The fourth-order valence-electron chi connectivity index (χ4n) is 2.42. The van der Waals surface area contributed by atoms with Gasteiger partial charge in [-0.25, -0.2) is 9.97 Å². The van der Waals surface area contributed by atoms with Gasteiger partial charge in [0.05, 0.1) is 11.6 Å². The first-order valence-electron chi connectivity index (χ1n) is 8.18. The number of anilines is 1. The Kier molecular flexibility index (Phi) is 5.36. The molecular formula is C20H20N4O. The predicted octanol–water partition coefficient (Wildman–Crippen LogP) is 3.58. The first-order chi connectivity index (χ1) is 12.2. The number of carbonyl (C=O) groups excluding carboxylic acids is 1. The molecule has 1 heterocycles. The number of aromatic nitrogens is 2. The molecule has 5 nitrogen and oxygen atoms in total. The SMILES string of the molecule is CC(Nc1ncc(C(=O)NCc2ccccc2)cn1)c1ccccc1. The summed E-state index contributed by atoms with van der Waals surface area (Å²) in [6, 6.07) is 19.9. The summed E-state index contributed by atoms with van der Waals surface area (Å²) >= 11 is 0. The lowest BCUT2D eigenvalue weighted by atomic mass is 10.1. The summed E-state index contributed by atoms with van der Waals surface area (Å²) in [4.78, 5) is 20.6. The molecule has 3 rings (SSSR count). The highest BCUT2D eigenvalue weighted by atomic mass is 16.1. The van der Waals surface area contributed by atoms with Crippen molar-refractivity contribution < 1.29 is 4.79 Å². The molecule has 126 valence electrons. The average Bonchev–Trinajstić information content (AvgIpc) is 2.68. The Bertz CT molecular complexity index is 804. The van der Waals surface area contributed by atoms with Crippen LogP contribution in [-0.4, -0.2) is 15.9 Å². The minimum Gasteiger partial charge on any atom is -0.348 e. The van der Waals surface area contributed by atoms with Gasteiger partial charge in [-0.3, -0.25) is 4.79 Å². The second-order valence-electron chi connectivity index (χ2n) is 5.74. The van der Waals surface area contributed by atoms with Crippen molar-refractivity contribution in [3.63, 3.8) is 0 Å². The molecule has 25 heavy (non-hydrogen) atoms. The minimum absolute atomic E-state index is 0.0824. The van der Waals surface area contributed by atoms with Crippen molar-refractivity contribution >= 4 is 11.9 Å². The highest BCUT2D eigenvalue weighted by molar-refractivity contribution is 5.93. The normalized spacial score (nSPS) is 11.6. The second-order valence-corrected chi connectivity index (χ2v) is 5.74. The summed E-state index contributed by atoms with van der Waals surface area (Å²) in [5.74, 6) is 0.308. The molecule has 1 amide bonds. The molecule has 5 heteroatoms. The zero-order valence-electron chi connectivity index (χ0n) is 14.0. The minimum atomic E-state index is -0.188. The maximum Gasteiger partial charge on any atom is 0.254 e. The van der Waals surface area contributed by atoms with Crippen molar-refractivity contribution in [1.82, 2.24) is 15.3 Å².